The Morgan fingerprint density at radius 3 is 2.57 bits per heavy atom. The molecule has 21 heavy (non-hydrogen) atoms. The SMILES string of the molecule is COC(=O)c1nc(Br)cc(OCc2ccccc2)c1OC. The van der Waals surface area contributed by atoms with Crippen molar-refractivity contribution in [1.82, 2.24) is 4.98 Å². The van der Waals surface area contributed by atoms with Crippen molar-refractivity contribution in [2.75, 3.05) is 14.2 Å². The number of aromatic nitrogens is 1. The van der Waals surface area contributed by atoms with E-state index in [4.69, 9.17) is 14.2 Å². The third kappa shape index (κ3) is 3.72. The topological polar surface area (TPSA) is 57.7 Å². The van der Waals surface area contributed by atoms with Crippen LogP contribution in [0.5, 0.6) is 11.5 Å². The lowest BCUT2D eigenvalue weighted by molar-refractivity contribution is 0.0588. The van der Waals surface area contributed by atoms with Gasteiger partial charge in [-0.1, -0.05) is 30.3 Å². The van der Waals surface area contributed by atoms with Crippen LogP contribution in [-0.4, -0.2) is 25.2 Å². The molecule has 0 aliphatic heterocycles. The molecule has 0 spiro atoms. The maximum atomic E-state index is 11.7. The molecule has 0 N–H and O–H groups in total. The number of esters is 1. The van der Waals surface area contributed by atoms with Crippen molar-refractivity contribution in [1.29, 1.82) is 0 Å². The lowest BCUT2D eigenvalue weighted by Gasteiger charge is -2.13. The van der Waals surface area contributed by atoms with E-state index in [9.17, 15) is 4.79 Å². The van der Waals surface area contributed by atoms with Crippen LogP contribution >= 0.6 is 15.9 Å². The second-order valence-corrected chi connectivity index (χ2v) is 4.90. The lowest BCUT2D eigenvalue weighted by Crippen LogP contribution is -2.09. The molecule has 1 aromatic carbocycles. The summed E-state index contributed by atoms with van der Waals surface area (Å²) in [6, 6.07) is 11.3. The number of nitrogens with zero attached hydrogens (tertiary/aromatic N) is 1. The first-order chi connectivity index (χ1) is 10.2. The molecule has 2 aromatic rings. The van der Waals surface area contributed by atoms with Crippen molar-refractivity contribution in [3.63, 3.8) is 0 Å². The Morgan fingerprint density at radius 2 is 1.95 bits per heavy atom. The first-order valence-corrected chi connectivity index (χ1v) is 6.94. The highest BCUT2D eigenvalue weighted by Gasteiger charge is 2.21. The Balaban J connectivity index is 2.30. The molecule has 0 aliphatic carbocycles. The summed E-state index contributed by atoms with van der Waals surface area (Å²) in [4.78, 5) is 15.8. The second-order valence-electron chi connectivity index (χ2n) is 4.09. The molecule has 0 unspecified atom stereocenters. The Hall–Kier alpha value is -2.08. The lowest BCUT2D eigenvalue weighted by atomic mass is 10.2. The largest absolute Gasteiger partial charge is 0.491 e. The van der Waals surface area contributed by atoms with Crippen LogP contribution in [0, 0.1) is 0 Å². The smallest absolute Gasteiger partial charge is 0.360 e. The van der Waals surface area contributed by atoms with Crippen LogP contribution in [0.2, 0.25) is 0 Å². The van der Waals surface area contributed by atoms with Gasteiger partial charge in [-0.2, -0.15) is 0 Å². The van der Waals surface area contributed by atoms with Gasteiger partial charge in [-0.3, -0.25) is 0 Å². The van der Waals surface area contributed by atoms with Crippen LogP contribution in [0.15, 0.2) is 41.0 Å². The number of rotatable bonds is 5. The molecule has 0 amide bonds. The van der Waals surface area contributed by atoms with Gasteiger partial charge in [0.1, 0.15) is 11.2 Å². The Kier molecular flexibility index (Phi) is 5.16. The molecule has 0 fully saturated rings. The number of ether oxygens (including phenoxy) is 3. The van der Waals surface area contributed by atoms with Gasteiger partial charge < -0.3 is 14.2 Å². The van der Waals surface area contributed by atoms with Crippen LogP contribution in [-0.2, 0) is 11.3 Å². The minimum absolute atomic E-state index is 0.0671. The van der Waals surface area contributed by atoms with Gasteiger partial charge in [0, 0.05) is 6.07 Å². The van der Waals surface area contributed by atoms with Gasteiger partial charge in [0.15, 0.2) is 17.2 Å². The summed E-state index contributed by atoms with van der Waals surface area (Å²) in [5.74, 6) is 0.0855. The number of hydrogen-bond acceptors (Lipinski definition) is 5. The number of benzene rings is 1. The highest BCUT2D eigenvalue weighted by molar-refractivity contribution is 9.10. The summed E-state index contributed by atoms with van der Waals surface area (Å²) in [5.41, 5.74) is 1.07. The fourth-order valence-electron chi connectivity index (χ4n) is 1.76. The predicted molar refractivity (Wildman–Crippen MR) is 80.6 cm³/mol. The van der Waals surface area contributed by atoms with E-state index in [0.29, 0.717) is 17.0 Å². The molecule has 1 aromatic heterocycles. The molecular formula is C15H14BrNO4. The number of methoxy groups -OCH3 is 2. The molecule has 6 heteroatoms. The molecule has 110 valence electrons. The maximum absolute atomic E-state index is 11.7. The summed E-state index contributed by atoms with van der Waals surface area (Å²) in [5, 5.41) is 0. The highest BCUT2D eigenvalue weighted by atomic mass is 79.9. The minimum Gasteiger partial charge on any atom is -0.491 e. The molecule has 2 rings (SSSR count). The van der Waals surface area contributed by atoms with Crippen LogP contribution < -0.4 is 9.47 Å². The quantitative estimate of drug-likeness (QED) is 0.611. The summed E-state index contributed by atoms with van der Waals surface area (Å²) in [6.07, 6.45) is 0. The van der Waals surface area contributed by atoms with Crippen molar-refractivity contribution in [2.24, 2.45) is 0 Å². The van der Waals surface area contributed by atoms with E-state index in [0.717, 1.165) is 5.56 Å². The van der Waals surface area contributed by atoms with E-state index in [1.54, 1.807) is 6.07 Å². The van der Waals surface area contributed by atoms with Gasteiger partial charge in [-0.25, -0.2) is 9.78 Å². The summed E-state index contributed by atoms with van der Waals surface area (Å²) >= 11 is 3.25. The zero-order valence-corrected chi connectivity index (χ0v) is 13.2. The monoisotopic (exact) mass is 351 g/mol. The van der Waals surface area contributed by atoms with Gasteiger partial charge >= 0.3 is 5.97 Å². The number of hydrogen-bond donors (Lipinski definition) is 0. The van der Waals surface area contributed by atoms with Crippen LogP contribution in [0.4, 0.5) is 0 Å². The minimum atomic E-state index is -0.585. The standard InChI is InChI=1S/C15H14BrNO4/c1-19-14-11(21-9-10-6-4-3-5-7-10)8-12(16)17-13(14)15(18)20-2/h3-8H,9H2,1-2H3. The van der Waals surface area contributed by atoms with E-state index < -0.39 is 5.97 Å². The highest BCUT2D eigenvalue weighted by Crippen LogP contribution is 2.33. The summed E-state index contributed by atoms with van der Waals surface area (Å²) in [7, 11) is 2.74. The van der Waals surface area contributed by atoms with Gasteiger partial charge in [0.25, 0.3) is 0 Å². The van der Waals surface area contributed by atoms with Crippen molar-refractivity contribution in [3.05, 3.63) is 52.3 Å². The van der Waals surface area contributed by atoms with Crippen molar-refractivity contribution in [2.45, 2.75) is 6.61 Å². The van der Waals surface area contributed by atoms with Gasteiger partial charge in [-0.15, -0.1) is 0 Å². The molecule has 0 saturated heterocycles. The number of pyridine rings is 1. The zero-order chi connectivity index (χ0) is 15.2. The molecule has 0 radical (unpaired) electrons. The molecule has 0 bridgehead atoms. The number of carbonyl (C=O) groups excluding carboxylic acids is 1. The van der Waals surface area contributed by atoms with Crippen LogP contribution in [0.25, 0.3) is 0 Å². The fraction of sp³-hybridized carbons (Fsp3) is 0.200. The third-order valence-electron chi connectivity index (χ3n) is 2.73. The summed E-state index contributed by atoms with van der Waals surface area (Å²) in [6.45, 7) is 0.355. The van der Waals surface area contributed by atoms with Gasteiger partial charge in [0.2, 0.25) is 0 Å². The fourth-order valence-corrected chi connectivity index (χ4v) is 2.14. The molecule has 0 aliphatic rings. The zero-order valence-electron chi connectivity index (χ0n) is 11.6. The average molecular weight is 352 g/mol. The predicted octanol–water partition coefficient (Wildman–Crippen LogP) is 3.22. The molecule has 0 atom stereocenters. The first-order valence-electron chi connectivity index (χ1n) is 6.15. The molecule has 0 saturated carbocycles. The second kappa shape index (κ2) is 7.08. The van der Waals surface area contributed by atoms with Crippen molar-refractivity contribution < 1.29 is 19.0 Å². The van der Waals surface area contributed by atoms with E-state index in [-0.39, 0.29) is 11.4 Å². The molecule has 5 nitrogen and oxygen atoms in total. The Morgan fingerprint density at radius 1 is 1.24 bits per heavy atom. The summed E-state index contributed by atoms with van der Waals surface area (Å²) < 4.78 is 16.1. The molecular weight excluding hydrogens is 338 g/mol. The number of carbonyl (C=O) groups is 1. The Bertz CT molecular complexity index is 631. The molecule has 1 heterocycles. The van der Waals surface area contributed by atoms with E-state index in [1.807, 2.05) is 30.3 Å². The number of halogens is 1. The van der Waals surface area contributed by atoms with Crippen molar-refractivity contribution in [3.8, 4) is 11.5 Å². The van der Waals surface area contributed by atoms with Gasteiger partial charge in [0.05, 0.1) is 14.2 Å². The van der Waals surface area contributed by atoms with Gasteiger partial charge in [-0.05, 0) is 21.5 Å². The van der Waals surface area contributed by atoms with E-state index in [1.165, 1.54) is 14.2 Å². The van der Waals surface area contributed by atoms with Crippen molar-refractivity contribution >= 4 is 21.9 Å². The normalized spacial score (nSPS) is 10.0. The van der Waals surface area contributed by atoms with Crippen LogP contribution in [0.3, 0.4) is 0 Å². The first kappa shape index (κ1) is 15.3. The average Bonchev–Trinajstić information content (AvgIpc) is 2.52. The van der Waals surface area contributed by atoms with Crippen LogP contribution in [0.1, 0.15) is 16.1 Å². The third-order valence-corrected chi connectivity index (χ3v) is 3.13. The Labute approximate surface area is 131 Å². The van der Waals surface area contributed by atoms with E-state index >= 15 is 0 Å². The van der Waals surface area contributed by atoms with E-state index in [2.05, 4.69) is 20.9 Å². The maximum Gasteiger partial charge on any atom is 0.360 e.